The molecular weight excluding hydrogens is 402 g/mol. The van der Waals surface area contributed by atoms with Crippen molar-refractivity contribution in [3.05, 3.63) is 65.6 Å². The normalized spacial score (nSPS) is 11.8. The Morgan fingerprint density at radius 2 is 2.00 bits per heavy atom. The van der Waals surface area contributed by atoms with E-state index in [0.29, 0.717) is 18.5 Å². The number of anilines is 1. The molecule has 1 N–H and O–H groups in total. The highest BCUT2D eigenvalue weighted by Crippen LogP contribution is 2.25. The minimum Gasteiger partial charge on any atom is -0.459 e. The Labute approximate surface area is 176 Å². The zero-order chi connectivity index (χ0) is 21.7. The second kappa shape index (κ2) is 9.13. The Morgan fingerprint density at radius 3 is 2.67 bits per heavy atom. The van der Waals surface area contributed by atoms with Gasteiger partial charge in [0.1, 0.15) is 17.2 Å². The fraction of sp³-hybridized carbons (Fsp3) is 0.273. The summed E-state index contributed by atoms with van der Waals surface area (Å²) in [7, 11) is -1.67. The fourth-order valence-corrected chi connectivity index (χ4v) is 4.09. The van der Waals surface area contributed by atoms with Crippen molar-refractivity contribution in [2.45, 2.75) is 26.8 Å². The first kappa shape index (κ1) is 21.6. The number of sulfonamides is 1. The average Bonchev–Trinajstić information content (AvgIpc) is 3.02. The van der Waals surface area contributed by atoms with E-state index in [1.54, 1.807) is 37.1 Å². The standard InChI is InChI=1S/C22H25N3O4S/c1-4-13-30(27,28)24-21-11-9-17(14-23-21)10-12-22(26)25(3)15-20-16(2)18-7-5-6-8-19(18)29-20/h5-12,14H,4,13,15H2,1-3H3,(H,23,24)/b12-10+. The fourth-order valence-electron chi connectivity index (χ4n) is 3.01. The van der Waals surface area contributed by atoms with Gasteiger partial charge in [0.25, 0.3) is 0 Å². The van der Waals surface area contributed by atoms with Crippen LogP contribution in [0.2, 0.25) is 0 Å². The van der Waals surface area contributed by atoms with Crippen LogP contribution in [0.25, 0.3) is 17.0 Å². The monoisotopic (exact) mass is 427 g/mol. The summed E-state index contributed by atoms with van der Waals surface area (Å²) < 4.78 is 31.9. The third-order valence-electron chi connectivity index (χ3n) is 4.64. The maximum atomic E-state index is 12.5. The molecule has 0 aliphatic rings. The van der Waals surface area contributed by atoms with Crippen molar-refractivity contribution in [2.24, 2.45) is 0 Å². The predicted octanol–water partition coefficient (Wildman–Crippen LogP) is 3.96. The van der Waals surface area contributed by atoms with Gasteiger partial charge in [-0.2, -0.15) is 0 Å². The van der Waals surface area contributed by atoms with Crippen LogP contribution in [-0.4, -0.2) is 37.0 Å². The van der Waals surface area contributed by atoms with Gasteiger partial charge in [-0.05, 0) is 43.2 Å². The van der Waals surface area contributed by atoms with Gasteiger partial charge in [0.05, 0.1) is 12.3 Å². The van der Waals surface area contributed by atoms with Crippen molar-refractivity contribution >= 4 is 38.8 Å². The average molecular weight is 428 g/mol. The van der Waals surface area contributed by atoms with Crippen LogP contribution in [0.3, 0.4) is 0 Å². The van der Waals surface area contributed by atoms with Gasteiger partial charge in [-0.3, -0.25) is 9.52 Å². The number of nitrogens with zero attached hydrogens (tertiary/aromatic N) is 2. The number of furan rings is 1. The van der Waals surface area contributed by atoms with Gasteiger partial charge in [0.15, 0.2) is 0 Å². The lowest BCUT2D eigenvalue weighted by Crippen LogP contribution is -2.24. The van der Waals surface area contributed by atoms with Gasteiger partial charge in [0.2, 0.25) is 15.9 Å². The number of aryl methyl sites for hydroxylation is 1. The number of carbonyl (C=O) groups excluding carboxylic acids is 1. The number of para-hydroxylation sites is 1. The number of hydrogen-bond donors (Lipinski definition) is 1. The number of likely N-dealkylation sites (N-methyl/N-ethyl adjacent to an activating group) is 1. The number of nitrogens with one attached hydrogen (secondary N) is 1. The molecule has 1 amide bonds. The minimum atomic E-state index is -3.38. The Morgan fingerprint density at radius 1 is 1.23 bits per heavy atom. The molecule has 0 spiro atoms. The highest BCUT2D eigenvalue weighted by atomic mass is 32.2. The number of hydrogen-bond acceptors (Lipinski definition) is 5. The largest absolute Gasteiger partial charge is 0.459 e. The Balaban J connectivity index is 1.62. The molecule has 0 fully saturated rings. The summed E-state index contributed by atoms with van der Waals surface area (Å²) >= 11 is 0. The summed E-state index contributed by atoms with van der Waals surface area (Å²) in [5.41, 5.74) is 2.52. The van der Waals surface area contributed by atoms with Crippen molar-refractivity contribution in [2.75, 3.05) is 17.5 Å². The van der Waals surface area contributed by atoms with E-state index < -0.39 is 10.0 Å². The van der Waals surface area contributed by atoms with Gasteiger partial charge in [0, 0.05) is 30.3 Å². The second-order valence-corrected chi connectivity index (χ2v) is 8.91. The molecule has 0 saturated heterocycles. The van der Waals surface area contributed by atoms with E-state index in [-0.39, 0.29) is 17.5 Å². The van der Waals surface area contributed by atoms with Crippen LogP contribution in [0.1, 0.15) is 30.2 Å². The maximum Gasteiger partial charge on any atom is 0.246 e. The lowest BCUT2D eigenvalue weighted by Gasteiger charge is -2.13. The zero-order valence-electron chi connectivity index (χ0n) is 17.3. The molecule has 7 nitrogen and oxygen atoms in total. The summed E-state index contributed by atoms with van der Waals surface area (Å²) in [6.45, 7) is 4.14. The molecule has 2 aromatic heterocycles. The molecule has 0 radical (unpaired) electrons. The molecule has 158 valence electrons. The van der Waals surface area contributed by atoms with Crippen LogP contribution < -0.4 is 4.72 Å². The van der Waals surface area contributed by atoms with Crippen LogP contribution >= 0.6 is 0 Å². The number of pyridine rings is 1. The van der Waals surface area contributed by atoms with Gasteiger partial charge in [-0.25, -0.2) is 13.4 Å². The quantitative estimate of drug-likeness (QED) is 0.549. The highest BCUT2D eigenvalue weighted by molar-refractivity contribution is 7.92. The number of aromatic nitrogens is 1. The first-order valence-electron chi connectivity index (χ1n) is 9.66. The molecule has 1 aromatic carbocycles. The molecule has 0 atom stereocenters. The van der Waals surface area contributed by atoms with Crippen molar-refractivity contribution in [3.63, 3.8) is 0 Å². The van der Waals surface area contributed by atoms with Crippen LogP contribution in [-0.2, 0) is 21.4 Å². The van der Waals surface area contributed by atoms with E-state index in [0.717, 1.165) is 22.3 Å². The lowest BCUT2D eigenvalue weighted by atomic mass is 10.1. The molecule has 0 unspecified atom stereocenters. The summed E-state index contributed by atoms with van der Waals surface area (Å²) in [6, 6.07) is 11.1. The van der Waals surface area contributed by atoms with Gasteiger partial charge in [-0.1, -0.05) is 25.1 Å². The van der Waals surface area contributed by atoms with Crippen LogP contribution in [0.4, 0.5) is 5.82 Å². The number of fused-ring (bicyclic) bond motifs is 1. The third-order valence-corrected chi connectivity index (χ3v) is 6.10. The lowest BCUT2D eigenvalue weighted by molar-refractivity contribution is -0.125. The summed E-state index contributed by atoms with van der Waals surface area (Å²) in [6.07, 6.45) is 5.13. The molecular formula is C22H25N3O4S. The van der Waals surface area contributed by atoms with E-state index in [1.165, 1.54) is 12.3 Å². The first-order valence-corrected chi connectivity index (χ1v) is 11.3. The Kier molecular flexibility index (Phi) is 6.56. The predicted molar refractivity (Wildman–Crippen MR) is 118 cm³/mol. The smallest absolute Gasteiger partial charge is 0.246 e. The Bertz CT molecular complexity index is 1160. The van der Waals surface area contributed by atoms with Gasteiger partial charge < -0.3 is 9.32 Å². The molecule has 8 heteroatoms. The van der Waals surface area contributed by atoms with E-state index in [1.807, 2.05) is 31.2 Å². The van der Waals surface area contributed by atoms with Crippen molar-refractivity contribution in [1.29, 1.82) is 0 Å². The molecule has 3 aromatic rings. The highest BCUT2D eigenvalue weighted by Gasteiger charge is 2.14. The van der Waals surface area contributed by atoms with Gasteiger partial charge in [-0.15, -0.1) is 0 Å². The molecule has 0 saturated carbocycles. The van der Waals surface area contributed by atoms with Crippen LogP contribution in [0, 0.1) is 6.92 Å². The van der Waals surface area contributed by atoms with E-state index in [9.17, 15) is 13.2 Å². The molecule has 3 rings (SSSR count). The van der Waals surface area contributed by atoms with Crippen molar-refractivity contribution in [3.8, 4) is 0 Å². The number of rotatable bonds is 8. The number of carbonyl (C=O) groups is 1. The zero-order valence-corrected chi connectivity index (χ0v) is 18.1. The van der Waals surface area contributed by atoms with Crippen molar-refractivity contribution < 1.29 is 17.6 Å². The third kappa shape index (κ3) is 5.27. The van der Waals surface area contributed by atoms with Crippen molar-refractivity contribution in [1.82, 2.24) is 9.88 Å². The number of amides is 1. The molecule has 2 heterocycles. The summed E-state index contributed by atoms with van der Waals surface area (Å²) in [5.74, 6) is 0.875. The number of benzene rings is 1. The van der Waals surface area contributed by atoms with Crippen LogP contribution in [0.5, 0.6) is 0 Å². The molecule has 0 aliphatic heterocycles. The second-order valence-electron chi connectivity index (χ2n) is 7.07. The summed E-state index contributed by atoms with van der Waals surface area (Å²) in [5, 5.41) is 1.05. The van der Waals surface area contributed by atoms with E-state index in [4.69, 9.17) is 4.42 Å². The van der Waals surface area contributed by atoms with E-state index in [2.05, 4.69) is 9.71 Å². The Hall–Kier alpha value is -3.13. The topological polar surface area (TPSA) is 92.5 Å². The van der Waals surface area contributed by atoms with E-state index >= 15 is 0 Å². The maximum absolute atomic E-state index is 12.5. The molecule has 0 bridgehead atoms. The SMILES string of the molecule is CCCS(=O)(=O)Nc1ccc(/C=C/C(=O)N(C)Cc2oc3ccccc3c2C)cn1. The van der Waals surface area contributed by atoms with Crippen LogP contribution in [0.15, 0.2) is 53.1 Å². The minimum absolute atomic E-state index is 0.0435. The summed E-state index contributed by atoms with van der Waals surface area (Å²) in [4.78, 5) is 18.1. The molecule has 0 aliphatic carbocycles. The van der Waals surface area contributed by atoms with Gasteiger partial charge >= 0.3 is 0 Å². The molecule has 30 heavy (non-hydrogen) atoms. The first-order chi connectivity index (χ1) is 14.3.